The molecule has 1 saturated heterocycles. The average molecular weight is 371 g/mol. The van der Waals surface area contributed by atoms with Crippen LogP contribution in [-0.2, 0) is 17.6 Å². The number of rotatable bonds is 3. The van der Waals surface area contributed by atoms with E-state index in [4.69, 9.17) is 0 Å². The van der Waals surface area contributed by atoms with E-state index in [0.29, 0.717) is 25.1 Å². The largest absolute Gasteiger partial charge is 0.480 e. The Kier molecular flexibility index (Phi) is 4.45. The number of carboxylic acid groups (broad SMARTS) is 1. The number of aromatic nitrogens is 2. The molecule has 1 fully saturated rings. The van der Waals surface area contributed by atoms with E-state index in [-0.39, 0.29) is 11.6 Å². The number of aryl methyl sites for hydroxylation is 1. The molecule has 142 valence electrons. The molecule has 1 aliphatic carbocycles. The monoisotopic (exact) mass is 371 g/mol. The number of hydrogen-bond acceptors (Lipinski definition) is 3. The van der Waals surface area contributed by atoms with Crippen LogP contribution in [0.5, 0.6) is 0 Å². The van der Waals surface area contributed by atoms with Gasteiger partial charge in [0.1, 0.15) is 17.5 Å². The molecule has 1 atom stereocenters. The Bertz CT molecular complexity index is 921. The predicted octanol–water partition coefficient (Wildman–Crippen LogP) is 2.89. The van der Waals surface area contributed by atoms with Gasteiger partial charge < -0.3 is 10.0 Å². The molecule has 7 heteroatoms. The van der Waals surface area contributed by atoms with Crippen LogP contribution in [0.4, 0.5) is 4.39 Å². The highest BCUT2D eigenvalue weighted by Gasteiger charge is 2.36. The molecule has 2 aromatic rings. The van der Waals surface area contributed by atoms with Gasteiger partial charge in [-0.1, -0.05) is 6.07 Å². The van der Waals surface area contributed by atoms with Gasteiger partial charge in [-0.25, -0.2) is 13.9 Å². The van der Waals surface area contributed by atoms with Crippen LogP contribution in [0.1, 0.15) is 53.0 Å². The average Bonchev–Trinajstić information content (AvgIpc) is 3.26. The summed E-state index contributed by atoms with van der Waals surface area (Å²) in [5.74, 6) is -1.73. The van der Waals surface area contributed by atoms with E-state index >= 15 is 0 Å². The van der Waals surface area contributed by atoms with E-state index < -0.39 is 17.8 Å². The zero-order chi connectivity index (χ0) is 19.1. The first-order valence-electron chi connectivity index (χ1n) is 9.38. The van der Waals surface area contributed by atoms with Crippen LogP contribution in [0.3, 0.4) is 0 Å². The van der Waals surface area contributed by atoms with Gasteiger partial charge in [0, 0.05) is 17.8 Å². The normalized spacial score (nSPS) is 19.2. The highest BCUT2D eigenvalue weighted by atomic mass is 19.1. The maximum Gasteiger partial charge on any atom is 0.326 e. The predicted molar refractivity (Wildman–Crippen MR) is 96.6 cm³/mol. The Morgan fingerprint density at radius 2 is 2.04 bits per heavy atom. The van der Waals surface area contributed by atoms with Gasteiger partial charge in [0.05, 0.1) is 0 Å². The minimum atomic E-state index is -0.983. The Hall–Kier alpha value is -2.70. The van der Waals surface area contributed by atoms with Crippen molar-refractivity contribution in [2.75, 3.05) is 6.54 Å². The van der Waals surface area contributed by atoms with Crippen molar-refractivity contribution in [1.82, 2.24) is 14.7 Å². The molecule has 0 bridgehead atoms. The number of hydrogen-bond donors (Lipinski definition) is 1. The lowest BCUT2D eigenvalue weighted by Crippen LogP contribution is -2.48. The molecule has 4 rings (SSSR count). The Balaban J connectivity index is 1.77. The second-order valence-electron chi connectivity index (χ2n) is 7.34. The first kappa shape index (κ1) is 17.7. The van der Waals surface area contributed by atoms with Gasteiger partial charge in [0.25, 0.3) is 5.91 Å². The lowest BCUT2D eigenvalue weighted by Gasteiger charge is -2.32. The Morgan fingerprint density at radius 1 is 1.22 bits per heavy atom. The molecule has 2 heterocycles. The molecular weight excluding hydrogens is 349 g/mol. The topological polar surface area (TPSA) is 75.4 Å². The van der Waals surface area contributed by atoms with Gasteiger partial charge in [-0.05, 0) is 63.1 Å². The van der Waals surface area contributed by atoms with Crippen molar-refractivity contribution in [3.8, 4) is 5.69 Å². The van der Waals surface area contributed by atoms with Gasteiger partial charge in [0.2, 0.25) is 0 Å². The lowest BCUT2D eigenvalue weighted by molar-refractivity contribution is -0.143. The van der Waals surface area contributed by atoms with Crippen LogP contribution in [0.15, 0.2) is 18.2 Å². The smallest absolute Gasteiger partial charge is 0.326 e. The fourth-order valence-corrected chi connectivity index (χ4v) is 4.16. The standard InChI is InChI=1S/C20H22FN3O3/c1-12-8-9-14(21)17(11-12)24-15-7-4-5-13(15)18(22-24)19(25)23-10-3-2-6-16(23)20(26)27/h8-9,11,16H,2-7,10H2,1H3,(H,26,27). The number of carbonyl (C=O) groups is 2. The second kappa shape index (κ2) is 6.79. The van der Waals surface area contributed by atoms with Crippen LogP contribution in [0.25, 0.3) is 5.69 Å². The van der Waals surface area contributed by atoms with E-state index in [1.165, 1.54) is 15.6 Å². The summed E-state index contributed by atoms with van der Waals surface area (Å²) in [6.07, 6.45) is 4.34. The van der Waals surface area contributed by atoms with Crippen molar-refractivity contribution in [3.05, 3.63) is 46.5 Å². The number of piperidine rings is 1. The maximum atomic E-state index is 14.4. The molecule has 1 N–H and O–H groups in total. The summed E-state index contributed by atoms with van der Waals surface area (Å²) in [5, 5.41) is 13.9. The van der Waals surface area contributed by atoms with Crippen LogP contribution >= 0.6 is 0 Å². The third kappa shape index (κ3) is 3.01. The van der Waals surface area contributed by atoms with Crippen molar-refractivity contribution in [3.63, 3.8) is 0 Å². The number of carbonyl (C=O) groups excluding carboxylic acids is 1. The fraction of sp³-hybridized carbons (Fsp3) is 0.450. The number of carboxylic acids is 1. The SMILES string of the molecule is Cc1ccc(F)c(-n2nc(C(=O)N3CCCCC3C(=O)O)c3c2CCC3)c1. The third-order valence-electron chi connectivity index (χ3n) is 5.51. The summed E-state index contributed by atoms with van der Waals surface area (Å²) in [4.78, 5) is 26.2. The summed E-state index contributed by atoms with van der Waals surface area (Å²) in [6.45, 7) is 2.29. The quantitative estimate of drug-likeness (QED) is 0.900. The van der Waals surface area contributed by atoms with Crippen LogP contribution < -0.4 is 0 Å². The maximum absolute atomic E-state index is 14.4. The molecule has 6 nitrogen and oxygen atoms in total. The lowest BCUT2D eigenvalue weighted by atomic mass is 10.0. The molecule has 0 spiro atoms. The van der Waals surface area contributed by atoms with Crippen molar-refractivity contribution < 1.29 is 19.1 Å². The van der Waals surface area contributed by atoms with Crippen LogP contribution in [0, 0.1) is 12.7 Å². The van der Waals surface area contributed by atoms with Crippen molar-refractivity contribution in [2.24, 2.45) is 0 Å². The van der Waals surface area contributed by atoms with Gasteiger partial charge in [-0.3, -0.25) is 4.79 Å². The van der Waals surface area contributed by atoms with E-state index in [0.717, 1.165) is 42.5 Å². The van der Waals surface area contributed by atoms with Gasteiger partial charge in [-0.15, -0.1) is 0 Å². The van der Waals surface area contributed by atoms with Crippen molar-refractivity contribution in [1.29, 1.82) is 0 Å². The van der Waals surface area contributed by atoms with Gasteiger partial charge in [0.15, 0.2) is 5.69 Å². The first-order chi connectivity index (χ1) is 13.0. The summed E-state index contributed by atoms with van der Waals surface area (Å²) in [5.41, 5.74) is 3.20. The molecule has 1 aromatic heterocycles. The van der Waals surface area contributed by atoms with Crippen molar-refractivity contribution >= 4 is 11.9 Å². The molecule has 2 aliphatic rings. The Morgan fingerprint density at radius 3 is 2.81 bits per heavy atom. The van der Waals surface area contributed by atoms with Crippen molar-refractivity contribution in [2.45, 2.75) is 51.5 Å². The van der Waals surface area contributed by atoms with E-state index in [1.807, 2.05) is 6.92 Å². The van der Waals surface area contributed by atoms with Crippen LogP contribution in [-0.4, -0.2) is 44.3 Å². The van der Waals surface area contributed by atoms with E-state index in [1.54, 1.807) is 12.1 Å². The van der Waals surface area contributed by atoms with Crippen LogP contribution in [0.2, 0.25) is 0 Å². The van der Waals surface area contributed by atoms with E-state index in [2.05, 4.69) is 5.10 Å². The Labute approximate surface area is 156 Å². The molecule has 0 saturated carbocycles. The van der Waals surface area contributed by atoms with Gasteiger partial charge in [-0.2, -0.15) is 5.10 Å². The summed E-state index contributed by atoms with van der Waals surface area (Å²) in [7, 11) is 0. The fourth-order valence-electron chi connectivity index (χ4n) is 4.16. The minimum Gasteiger partial charge on any atom is -0.480 e. The third-order valence-corrected chi connectivity index (χ3v) is 5.51. The number of fused-ring (bicyclic) bond motifs is 1. The highest BCUT2D eigenvalue weighted by Crippen LogP contribution is 2.31. The number of likely N-dealkylation sites (tertiary alicyclic amines) is 1. The summed E-state index contributed by atoms with van der Waals surface area (Å²) < 4.78 is 16.0. The highest BCUT2D eigenvalue weighted by molar-refractivity contribution is 5.96. The zero-order valence-electron chi connectivity index (χ0n) is 15.2. The summed E-state index contributed by atoms with van der Waals surface area (Å²) in [6, 6.07) is 4.00. The molecule has 1 amide bonds. The zero-order valence-corrected chi connectivity index (χ0v) is 15.2. The molecule has 27 heavy (non-hydrogen) atoms. The number of benzene rings is 1. The number of nitrogens with zero attached hydrogens (tertiary/aromatic N) is 3. The molecule has 1 unspecified atom stereocenters. The molecular formula is C20H22FN3O3. The number of amides is 1. The number of halogens is 1. The van der Waals surface area contributed by atoms with Gasteiger partial charge >= 0.3 is 5.97 Å². The minimum absolute atomic E-state index is 0.275. The summed E-state index contributed by atoms with van der Waals surface area (Å²) >= 11 is 0. The van der Waals surface area contributed by atoms with E-state index in [9.17, 15) is 19.1 Å². The molecule has 1 aliphatic heterocycles. The second-order valence-corrected chi connectivity index (χ2v) is 7.34. The number of aliphatic carboxylic acids is 1. The molecule has 1 aromatic carbocycles. The molecule has 0 radical (unpaired) electrons. The first-order valence-corrected chi connectivity index (χ1v) is 9.38.